The predicted molar refractivity (Wildman–Crippen MR) is 74.7 cm³/mol. The molecule has 1 aliphatic rings. The molecule has 1 saturated carbocycles. The summed E-state index contributed by atoms with van der Waals surface area (Å²) < 4.78 is 7.14. The number of aromatic nitrogens is 2. The molecule has 0 bridgehead atoms. The summed E-state index contributed by atoms with van der Waals surface area (Å²) >= 11 is 0. The van der Waals surface area contributed by atoms with Crippen LogP contribution in [0.2, 0.25) is 0 Å². The Bertz CT molecular complexity index is 472. The summed E-state index contributed by atoms with van der Waals surface area (Å²) in [6, 6.07) is 0. The second-order valence-corrected chi connectivity index (χ2v) is 5.66. The number of likely N-dealkylation sites (N-methyl/N-ethyl adjacent to an activating group) is 1. The summed E-state index contributed by atoms with van der Waals surface area (Å²) in [4.78, 5) is 13.5. The van der Waals surface area contributed by atoms with Crippen LogP contribution in [0.15, 0.2) is 6.20 Å². The summed E-state index contributed by atoms with van der Waals surface area (Å²) in [5.41, 5.74) is -0.309. The van der Waals surface area contributed by atoms with E-state index in [0.29, 0.717) is 43.7 Å². The normalized spacial score (nSPS) is 18.6. The van der Waals surface area contributed by atoms with Crippen LogP contribution in [0.1, 0.15) is 31.4 Å². The number of ether oxygens (including phenoxy) is 1. The first kappa shape index (κ1) is 15.0. The highest BCUT2D eigenvalue weighted by Crippen LogP contribution is 2.40. The van der Waals surface area contributed by atoms with Gasteiger partial charge in [-0.25, -0.2) is 0 Å². The molecule has 1 aromatic heterocycles. The molecule has 20 heavy (non-hydrogen) atoms. The molecule has 1 aliphatic carbocycles. The number of aliphatic hydroxyl groups is 1. The van der Waals surface area contributed by atoms with E-state index >= 15 is 0 Å². The van der Waals surface area contributed by atoms with Gasteiger partial charge in [-0.05, 0) is 26.9 Å². The molecular weight excluding hydrogens is 258 g/mol. The minimum Gasteiger partial charge on any atom is -0.493 e. The van der Waals surface area contributed by atoms with E-state index in [-0.39, 0.29) is 5.78 Å². The van der Waals surface area contributed by atoms with Crippen LogP contribution >= 0.6 is 0 Å². The Balaban J connectivity index is 2.28. The molecule has 0 unspecified atom stereocenters. The predicted octanol–water partition coefficient (Wildman–Crippen LogP) is 0.784. The van der Waals surface area contributed by atoms with Crippen molar-refractivity contribution in [2.24, 2.45) is 0 Å². The summed E-state index contributed by atoms with van der Waals surface area (Å²) in [5, 5.41) is 15.2. The SMILES string of the molecule is COc1cnn(CCN(C)C)c1C1(O)CCC(=O)CC1. The van der Waals surface area contributed by atoms with Crippen molar-refractivity contribution in [2.75, 3.05) is 27.7 Å². The van der Waals surface area contributed by atoms with Crippen molar-refractivity contribution in [3.63, 3.8) is 0 Å². The fourth-order valence-corrected chi connectivity index (χ4v) is 2.63. The highest BCUT2D eigenvalue weighted by atomic mass is 16.5. The molecule has 6 heteroatoms. The lowest BCUT2D eigenvalue weighted by molar-refractivity contribution is -0.126. The van der Waals surface area contributed by atoms with Gasteiger partial charge in [-0.15, -0.1) is 0 Å². The number of rotatable bonds is 5. The van der Waals surface area contributed by atoms with Crippen LogP contribution in [0.4, 0.5) is 0 Å². The third-order valence-electron chi connectivity index (χ3n) is 3.86. The van der Waals surface area contributed by atoms with Gasteiger partial charge in [0, 0.05) is 19.4 Å². The molecule has 0 amide bonds. The lowest BCUT2D eigenvalue weighted by Gasteiger charge is -2.32. The van der Waals surface area contributed by atoms with Crippen molar-refractivity contribution in [3.8, 4) is 5.75 Å². The van der Waals surface area contributed by atoms with Crippen molar-refractivity contribution in [3.05, 3.63) is 11.9 Å². The third kappa shape index (κ3) is 3.02. The van der Waals surface area contributed by atoms with Gasteiger partial charge in [0.25, 0.3) is 0 Å². The Morgan fingerprint density at radius 1 is 1.45 bits per heavy atom. The summed E-state index contributed by atoms with van der Waals surface area (Å²) in [7, 11) is 5.57. The number of carbonyl (C=O) groups is 1. The fraction of sp³-hybridized carbons (Fsp3) is 0.714. The van der Waals surface area contributed by atoms with E-state index < -0.39 is 5.60 Å². The first-order valence-corrected chi connectivity index (χ1v) is 6.95. The van der Waals surface area contributed by atoms with E-state index in [0.717, 1.165) is 6.54 Å². The molecule has 0 aromatic carbocycles. The summed E-state index contributed by atoms with van der Waals surface area (Å²) in [5.74, 6) is 0.814. The van der Waals surface area contributed by atoms with Gasteiger partial charge in [-0.2, -0.15) is 5.10 Å². The quantitative estimate of drug-likeness (QED) is 0.864. The zero-order chi connectivity index (χ0) is 14.8. The van der Waals surface area contributed by atoms with Crippen LogP contribution in [0.3, 0.4) is 0 Å². The van der Waals surface area contributed by atoms with E-state index in [9.17, 15) is 9.90 Å². The van der Waals surface area contributed by atoms with Gasteiger partial charge in [0.15, 0.2) is 5.75 Å². The van der Waals surface area contributed by atoms with Crippen LogP contribution in [-0.4, -0.2) is 53.3 Å². The van der Waals surface area contributed by atoms with Gasteiger partial charge in [-0.1, -0.05) is 0 Å². The molecular formula is C14H23N3O3. The van der Waals surface area contributed by atoms with E-state index in [1.54, 1.807) is 18.0 Å². The molecule has 0 aliphatic heterocycles. The van der Waals surface area contributed by atoms with Gasteiger partial charge in [0.05, 0.1) is 19.9 Å². The Hall–Kier alpha value is -1.40. The smallest absolute Gasteiger partial charge is 0.162 e. The maximum Gasteiger partial charge on any atom is 0.162 e. The van der Waals surface area contributed by atoms with Gasteiger partial charge in [0.2, 0.25) is 0 Å². The van der Waals surface area contributed by atoms with Crippen LogP contribution in [0.25, 0.3) is 0 Å². The number of hydrogen-bond donors (Lipinski definition) is 1. The average Bonchev–Trinajstić information content (AvgIpc) is 2.84. The number of carbonyl (C=O) groups excluding carboxylic acids is 1. The minimum atomic E-state index is -1.01. The fourth-order valence-electron chi connectivity index (χ4n) is 2.63. The molecule has 1 N–H and O–H groups in total. The third-order valence-corrected chi connectivity index (χ3v) is 3.86. The molecule has 0 saturated heterocycles. The van der Waals surface area contributed by atoms with Crippen molar-refractivity contribution in [1.82, 2.24) is 14.7 Å². The largest absolute Gasteiger partial charge is 0.493 e. The van der Waals surface area contributed by atoms with Gasteiger partial charge >= 0.3 is 0 Å². The number of hydrogen-bond acceptors (Lipinski definition) is 5. The zero-order valence-corrected chi connectivity index (χ0v) is 12.4. The second kappa shape index (κ2) is 5.93. The zero-order valence-electron chi connectivity index (χ0n) is 12.4. The maximum absolute atomic E-state index is 11.4. The molecule has 0 atom stereocenters. The molecule has 6 nitrogen and oxygen atoms in total. The topological polar surface area (TPSA) is 67.6 Å². The van der Waals surface area contributed by atoms with E-state index in [2.05, 4.69) is 10.00 Å². The monoisotopic (exact) mass is 281 g/mol. The second-order valence-electron chi connectivity index (χ2n) is 5.66. The molecule has 1 aromatic rings. The first-order valence-electron chi connectivity index (χ1n) is 6.95. The molecule has 0 spiro atoms. The maximum atomic E-state index is 11.4. The van der Waals surface area contributed by atoms with Gasteiger partial charge < -0.3 is 14.7 Å². The van der Waals surface area contributed by atoms with Crippen LogP contribution in [-0.2, 0) is 16.9 Å². The average molecular weight is 281 g/mol. The summed E-state index contributed by atoms with van der Waals surface area (Å²) in [6.45, 7) is 1.51. The van der Waals surface area contributed by atoms with Crippen molar-refractivity contribution in [1.29, 1.82) is 0 Å². The summed E-state index contributed by atoms with van der Waals surface area (Å²) in [6.07, 6.45) is 3.35. The number of Topliss-reactive ketones (excluding diaryl/α,β-unsaturated/α-hetero) is 1. The van der Waals surface area contributed by atoms with Crippen molar-refractivity contribution >= 4 is 5.78 Å². The molecule has 0 radical (unpaired) electrons. The number of ketones is 1. The Kier molecular flexibility index (Phi) is 4.45. The van der Waals surface area contributed by atoms with E-state index in [4.69, 9.17) is 4.74 Å². The highest BCUT2D eigenvalue weighted by Gasteiger charge is 2.39. The standard InChI is InChI=1S/C14H23N3O3/c1-16(2)8-9-17-13(12(20-3)10-15-17)14(19)6-4-11(18)5-7-14/h10,19H,4-9H2,1-3H3. The van der Waals surface area contributed by atoms with Crippen molar-refractivity contribution in [2.45, 2.75) is 37.8 Å². The van der Waals surface area contributed by atoms with E-state index in [1.807, 2.05) is 14.1 Å². The van der Waals surface area contributed by atoms with Crippen molar-refractivity contribution < 1.29 is 14.6 Å². The van der Waals surface area contributed by atoms with E-state index in [1.165, 1.54) is 0 Å². The Morgan fingerprint density at radius 2 is 2.10 bits per heavy atom. The Labute approximate surface area is 119 Å². The minimum absolute atomic E-state index is 0.216. The first-order chi connectivity index (χ1) is 9.46. The number of methoxy groups -OCH3 is 1. The molecule has 2 rings (SSSR count). The molecule has 1 fully saturated rings. The van der Waals surface area contributed by atoms with Gasteiger partial charge in [0.1, 0.15) is 17.1 Å². The Morgan fingerprint density at radius 3 is 2.65 bits per heavy atom. The van der Waals surface area contributed by atoms with Gasteiger partial charge in [-0.3, -0.25) is 9.48 Å². The molecule has 112 valence electrons. The lowest BCUT2D eigenvalue weighted by Crippen LogP contribution is -2.35. The lowest BCUT2D eigenvalue weighted by atomic mass is 9.81. The van der Waals surface area contributed by atoms with Crippen LogP contribution < -0.4 is 4.74 Å². The number of nitrogens with zero attached hydrogens (tertiary/aromatic N) is 3. The van der Waals surface area contributed by atoms with Crippen LogP contribution in [0.5, 0.6) is 5.75 Å². The molecule has 1 heterocycles. The highest BCUT2D eigenvalue weighted by molar-refractivity contribution is 5.79. The van der Waals surface area contributed by atoms with Crippen LogP contribution in [0, 0.1) is 0 Å².